The van der Waals surface area contributed by atoms with Crippen LogP contribution in [0.15, 0.2) is 66.7 Å². The number of nitrogens with one attached hydrogen (secondary N) is 2. The third-order valence-electron chi connectivity index (χ3n) is 4.52. The molecular weight excluding hydrogens is 566 g/mol. The molecule has 0 aliphatic rings. The normalized spacial score (nSPS) is 11.4. The van der Waals surface area contributed by atoms with E-state index in [1.807, 2.05) is 0 Å². The summed E-state index contributed by atoms with van der Waals surface area (Å²) in [6.07, 6.45) is 0. The second kappa shape index (κ2) is 12.4. The highest BCUT2D eigenvalue weighted by molar-refractivity contribution is 7.47. The van der Waals surface area contributed by atoms with E-state index in [4.69, 9.17) is 35.9 Å². The summed E-state index contributed by atoms with van der Waals surface area (Å²) in [5.41, 5.74) is 1.20. The minimum Gasteiger partial charge on any atom is -0.484 e. The van der Waals surface area contributed by atoms with Gasteiger partial charge in [0.25, 0.3) is 11.8 Å². The van der Waals surface area contributed by atoms with E-state index in [1.165, 1.54) is 30.3 Å². The maximum absolute atomic E-state index is 12.3. The van der Waals surface area contributed by atoms with Crippen LogP contribution in [0.4, 0.5) is 5.69 Å². The molecule has 13 nitrogen and oxygen atoms in total. The van der Waals surface area contributed by atoms with Crippen LogP contribution in [0.2, 0.25) is 5.02 Å². The van der Waals surface area contributed by atoms with E-state index in [9.17, 15) is 18.7 Å². The van der Waals surface area contributed by atoms with E-state index < -0.39 is 33.1 Å². The third-order valence-corrected chi connectivity index (χ3v) is 5.64. The van der Waals surface area contributed by atoms with Crippen LogP contribution in [0.5, 0.6) is 17.2 Å². The Morgan fingerprint density at radius 1 is 0.816 bits per heavy atom. The first kappa shape index (κ1) is 29.2. The fourth-order valence-corrected chi connectivity index (χ4v) is 3.84. The zero-order chi connectivity index (χ0) is 27.9. The average Bonchev–Trinajstić information content (AvgIpc) is 2.83. The van der Waals surface area contributed by atoms with Crippen LogP contribution in [0, 0.1) is 0 Å². The van der Waals surface area contributed by atoms with Crippen molar-refractivity contribution in [1.29, 1.82) is 0 Å². The lowest BCUT2D eigenvalue weighted by Gasteiger charge is -2.15. The minimum absolute atomic E-state index is 0.139. The number of rotatable bonds is 11. The van der Waals surface area contributed by atoms with Crippen LogP contribution < -0.4 is 24.4 Å². The molecular formula is C22H21ClN2O11P2. The summed E-state index contributed by atoms with van der Waals surface area (Å²) in [6, 6.07) is 16.0. The number of ether oxygens (including phenoxy) is 1. The summed E-state index contributed by atoms with van der Waals surface area (Å²) in [4.78, 5) is 60.5. The van der Waals surface area contributed by atoms with E-state index in [0.29, 0.717) is 22.0 Å². The highest BCUT2D eigenvalue weighted by atomic mass is 35.5. The van der Waals surface area contributed by atoms with Gasteiger partial charge in [-0.1, -0.05) is 17.7 Å². The van der Waals surface area contributed by atoms with Crippen LogP contribution >= 0.6 is 27.2 Å². The predicted octanol–water partition coefficient (Wildman–Crippen LogP) is 3.23. The van der Waals surface area contributed by atoms with Gasteiger partial charge >= 0.3 is 15.6 Å². The van der Waals surface area contributed by atoms with Crippen LogP contribution in [0.3, 0.4) is 0 Å². The SMILES string of the molecule is O=C(COc1ccc(C(=O)Nc2ccc(Cl)cc2)cc1)NCc1ccc(OP(=O)(O)O)c(OP(=O)(O)O)c1. The number of benzene rings is 3. The molecule has 0 saturated heterocycles. The molecule has 38 heavy (non-hydrogen) atoms. The molecule has 0 atom stereocenters. The number of halogens is 1. The lowest BCUT2D eigenvalue weighted by molar-refractivity contribution is -0.123. The summed E-state index contributed by atoms with van der Waals surface area (Å²) in [5, 5.41) is 5.76. The van der Waals surface area contributed by atoms with Crippen molar-refractivity contribution in [2.45, 2.75) is 6.54 Å². The van der Waals surface area contributed by atoms with Crippen LogP contribution in [0.1, 0.15) is 15.9 Å². The first-order valence-electron chi connectivity index (χ1n) is 10.5. The predicted molar refractivity (Wildman–Crippen MR) is 135 cm³/mol. The molecule has 0 bridgehead atoms. The Morgan fingerprint density at radius 3 is 2.03 bits per heavy atom. The smallest absolute Gasteiger partial charge is 0.484 e. The third kappa shape index (κ3) is 9.81. The van der Waals surface area contributed by atoms with Gasteiger partial charge in [0, 0.05) is 22.8 Å². The van der Waals surface area contributed by atoms with E-state index in [0.717, 1.165) is 12.1 Å². The molecule has 0 radical (unpaired) electrons. The monoisotopic (exact) mass is 586 g/mol. The van der Waals surface area contributed by atoms with Crippen LogP contribution in [0.25, 0.3) is 0 Å². The molecule has 3 rings (SSSR count). The van der Waals surface area contributed by atoms with Crippen molar-refractivity contribution in [2.75, 3.05) is 11.9 Å². The van der Waals surface area contributed by atoms with Gasteiger partial charge in [0.1, 0.15) is 5.75 Å². The molecule has 3 aromatic carbocycles. The number of phosphoric ester groups is 2. The lowest BCUT2D eigenvalue weighted by atomic mass is 10.2. The molecule has 0 aliphatic heterocycles. The van der Waals surface area contributed by atoms with Crippen molar-refractivity contribution in [3.63, 3.8) is 0 Å². The molecule has 16 heteroatoms. The zero-order valence-corrected chi connectivity index (χ0v) is 21.7. The van der Waals surface area contributed by atoms with Gasteiger partial charge in [-0.25, -0.2) is 9.13 Å². The lowest BCUT2D eigenvalue weighted by Crippen LogP contribution is -2.28. The minimum atomic E-state index is -5.08. The molecule has 3 aromatic rings. The molecule has 0 fully saturated rings. The highest BCUT2D eigenvalue weighted by Gasteiger charge is 2.24. The van der Waals surface area contributed by atoms with Crippen molar-refractivity contribution in [1.82, 2.24) is 5.32 Å². The Balaban J connectivity index is 1.53. The van der Waals surface area contributed by atoms with Crippen LogP contribution in [-0.2, 0) is 20.5 Å². The molecule has 202 valence electrons. The number of carbonyl (C=O) groups excluding carboxylic acids is 2. The fraction of sp³-hybridized carbons (Fsp3) is 0.0909. The number of hydrogen-bond acceptors (Lipinski definition) is 7. The number of phosphoric acid groups is 2. The van der Waals surface area contributed by atoms with Gasteiger partial charge in [-0.15, -0.1) is 0 Å². The van der Waals surface area contributed by atoms with Crippen molar-refractivity contribution in [3.8, 4) is 17.2 Å². The van der Waals surface area contributed by atoms with Gasteiger partial charge in [-0.2, -0.15) is 0 Å². The van der Waals surface area contributed by atoms with Crippen molar-refractivity contribution >= 4 is 44.7 Å². The Labute approximate surface area is 220 Å². The van der Waals surface area contributed by atoms with Gasteiger partial charge in [0.2, 0.25) is 0 Å². The van der Waals surface area contributed by atoms with Gasteiger partial charge in [-0.3, -0.25) is 29.2 Å². The number of hydrogen-bond donors (Lipinski definition) is 6. The molecule has 0 spiro atoms. The summed E-state index contributed by atoms with van der Waals surface area (Å²) in [5.74, 6) is -1.83. The first-order valence-corrected chi connectivity index (χ1v) is 13.9. The van der Waals surface area contributed by atoms with Gasteiger partial charge < -0.3 is 24.4 Å². The van der Waals surface area contributed by atoms with E-state index in [-0.39, 0.29) is 24.6 Å². The Bertz CT molecular complexity index is 1390. The summed E-state index contributed by atoms with van der Waals surface area (Å²) in [7, 11) is -10.1. The van der Waals surface area contributed by atoms with E-state index in [2.05, 4.69) is 19.7 Å². The van der Waals surface area contributed by atoms with Gasteiger partial charge in [0.15, 0.2) is 18.1 Å². The van der Waals surface area contributed by atoms with Crippen molar-refractivity contribution in [3.05, 3.63) is 82.9 Å². The molecule has 0 aliphatic carbocycles. The first-order chi connectivity index (χ1) is 17.8. The average molecular weight is 587 g/mol. The summed E-state index contributed by atoms with van der Waals surface area (Å²) >= 11 is 5.82. The molecule has 0 saturated carbocycles. The summed E-state index contributed by atoms with van der Waals surface area (Å²) < 4.78 is 36.4. The Morgan fingerprint density at radius 2 is 1.42 bits per heavy atom. The molecule has 0 aromatic heterocycles. The Kier molecular flexibility index (Phi) is 9.53. The molecule has 6 N–H and O–H groups in total. The number of anilines is 1. The second-order valence-corrected chi connectivity index (χ2v) is 10.3. The molecule has 0 unspecified atom stereocenters. The maximum atomic E-state index is 12.3. The van der Waals surface area contributed by atoms with Crippen LogP contribution in [-0.4, -0.2) is 38.0 Å². The quantitative estimate of drug-likeness (QED) is 0.180. The second-order valence-electron chi connectivity index (χ2n) is 7.50. The van der Waals surface area contributed by atoms with E-state index in [1.54, 1.807) is 24.3 Å². The Hall–Kier alpha value is -3.41. The standard InChI is InChI=1S/C22H21ClN2O11P2/c23-16-4-6-17(7-5-16)25-22(27)15-2-8-18(9-3-15)34-13-21(26)24-12-14-1-10-19(35-37(28,29)30)20(11-14)36-38(31,32)33/h1-11H,12-13H2,(H,24,26)(H,25,27)(H2,28,29,30)(H2,31,32,33). The summed E-state index contributed by atoms with van der Waals surface area (Å²) in [6.45, 7) is -0.527. The van der Waals surface area contributed by atoms with Crippen molar-refractivity contribution in [2.24, 2.45) is 0 Å². The van der Waals surface area contributed by atoms with Crippen molar-refractivity contribution < 1.29 is 52.1 Å². The topological polar surface area (TPSA) is 201 Å². The zero-order valence-electron chi connectivity index (χ0n) is 19.2. The maximum Gasteiger partial charge on any atom is 0.524 e. The number of carbonyl (C=O) groups is 2. The van der Waals surface area contributed by atoms with Gasteiger partial charge in [-0.05, 0) is 66.2 Å². The fourth-order valence-electron chi connectivity index (χ4n) is 2.91. The number of amides is 2. The molecule has 2 amide bonds. The van der Waals surface area contributed by atoms with E-state index >= 15 is 0 Å². The highest BCUT2D eigenvalue weighted by Crippen LogP contribution is 2.47. The van der Waals surface area contributed by atoms with Gasteiger partial charge in [0.05, 0.1) is 0 Å². The molecule has 0 heterocycles. The largest absolute Gasteiger partial charge is 0.524 e.